The summed E-state index contributed by atoms with van der Waals surface area (Å²) >= 11 is 12.7. The molecular weight excluding hydrogens is 423 g/mol. The molecule has 4 atom stereocenters. The van der Waals surface area contributed by atoms with Crippen LogP contribution in [0.5, 0.6) is 5.75 Å². The van der Waals surface area contributed by atoms with Crippen LogP contribution in [0.4, 0.5) is 0 Å². The zero-order valence-corrected chi connectivity index (χ0v) is 17.4. The minimum atomic E-state index is -0.273. The third-order valence-corrected chi connectivity index (χ3v) is 6.58. The zero-order valence-electron chi connectivity index (χ0n) is 15.9. The van der Waals surface area contributed by atoms with Gasteiger partial charge in [-0.25, -0.2) is 0 Å². The lowest BCUT2D eigenvalue weighted by molar-refractivity contribution is -0.140. The van der Waals surface area contributed by atoms with Gasteiger partial charge < -0.3 is 4.74 Å². The molecular formula is C23H18Cl2N2O3. The van der Waals surface area contributed by atoms with Crippen LogP contribution in [-0.2, 0) is 16.2 Å². The van der Waals surface area contributed by atoms with Crippen molar-refractivity contribution in [2.45, 2.75) is 13.0 Å². The van der Waals surface area contributed by atoms with E-state index in [0.29, 0.717) is 28.0 Å². The number of amides is 2. The van der Waals surface area contributed by atoms with Crippen molar-refractivity contribution in [3.8, 4) is 5.75 Å². The minimum Gasteiger partial charge on any atom is -0.486 e. The number of hydrogen-bond donors (Lipinski definition) is 0. The van der Waals surface area contributed by atoms with Gasteiger partial charge in [0.25, 0.3) is 11.8 Å². The van der Waals surface area contributed by atoms with E-state index in [9.17, 15) is 9.59 Å². The zero-order chi connectivity index (χ0) is 20.8. The molecule has 0 radical (unpaired) electrons. The standard InChI is InChI=1S/C23H18Cl2N2O3/c24-17-8-14(9-18(25)21(17)30-12-13-4-2-1-3-5-13)11-26-27-22(28)19-15-6-7-16(10-15)20(19)23(27)29/h1-9,11,15-16,19-20H,10,12H2/t15-,16-,19-,20+/m0/s1. The lowest BCUT2D eigenvalue weighted by Crippen LogP contribution is -2.28. The van der Waals surface area contributed by atoms with Crippen molar-refractivity contribution in [3.05, 3.63) is 75.8 Å². The fourth-order valence-electron chi connectivity index (χ4n) is 4.65. The van der Waals surface area contributed by atoms with Crippen molar-refractivity contribution in [1.82, 2.24) is 5.01 Å². The minimum absolute atomic E-state index is 0.154. The largest absolute Gasteiger partial charge is 0.486 e. The van der Waals surface area contributed by atoms with E-state index in [4.69, 9.17) is 27.9 Å². The number of hydrazone groups is 1. The molecule has 0 unspecified atom stereocenters. The number of nitrogens with zero attached hydrogens (tertiary/aromatic N) is 2. The van der Waals surface area contributed by atoms with E-state index in [1.807, 2.05) is 30.3 Å². The molecule has 5 rings (SSSR count). The lowest BCUT2D eigenvalue weighted by Gasteiger charge is -2.13. The number of carbonyl (C=O) groups is 2. The molecule has 30 heavy (non-hydrogen) atoms. The number of fused-ring (bicyclic) bond motifs is 5. The van der Waals surface area contributed by atoms with Crippen LogP contribution < -0.4 is 4.74 Å². The van der Waals surface area contributed by atoms with Gasteiger partial charge in [0.2, 0.25) is 0 Å². The Kier molecular flexibility index (Phi) is 4.88. The summed E-state index contributed by atoms with van der Waals surface area (Å²) in [5.74, 6) is -0.305. The lowest BCUT2D eigenvalue weighted by atomic mass is 9.85. The van der Waals surface area contributed by atoms with E-state index < -0.39 is 0 Å². The van der Waals surface area contributed by atoms with Gasteiger partial charge in [0.05, 0.1) is 28.1 Å². The van der Waals surface area contributed by atoms with Crippen LogP contribution in [0.25, 0.3) is 0 Å². The van der Waals surface area contributed by atoms with Gasteiger partial charge in [0, 0.05) is 0 Å². The predicted octanol–water partition coefficient (Wildman–Crippen LogP) is 4.71. The summed E-state index contributed by atoms with van der Waals surface area (Å²) in [5, 5.41) is 5.83. The van der Waals surface area contributed by atoms with Gasteiger partial charge in [-0.05, 0) is 41.5 Å². The molecule has 0 aromatic heterocycles. The maximum atomic E-state index is 12.7. The van der Waals surface area contributed by atoms with Crippen LogP contribution in [0, 0.1) is 23.7 Å². The van der Waals surface area contributed by atoms with E-state index >= 15 is 0 Å². The highest BCUT2D eigenvalue weighted by atomic mass is 35.5. The molecule has 152 valence electrons. The number of imide groups is 1. The molecule has 2 aliphatic carbocycles. The monoisotopic (exact) mass is 440 g/mol. The van der Waals surface area contributed by atoms with Crippen LogP contribution in [0.3, 0.4) is 0 Å². The summed E-state index contributed by atoms with van der Waals surface area (Å²) in [6.07, 6.45) is 6.43. The molecule has 2 amide bonds. The third-order valence-electron chi connectivity index (χ3n) is 6.02. The Morgan fingerprint density at radius 2 is 1.60 bits per heavy atom. The highest BCUT2D eigenvalue weighted by Gasteiger charge is 2.59. The van der Waals surface area contributed by atoms with Crippen LogP contribution in [0.2, 0.25) is 10.0 Å². The molecule has 3 aliphatic rings. The summed E-state index contributed by atoms with van der Waals surface area (Å²) in [5.41, 5.74) is 1.58. The predicted molar refractivity (Wildman–Crippen MR) is 114 cm³/mol. The molecule has 0 spiro atoms. The topological polar surface area (TPSA) is 59.0 Å². The summed E-state index contributed by atoms with van der Waals surface area (Å²) in [4.78, 5) is 25.4. The first-order valence-electron chi connectivity index (χ1n) is 9.79. The van der Waals surface area contributed by atoms with Crippen molar-refractivity contribution in [2.75, 3.05) is 0 Å². The average molecular weight is 441 g/mol. The molecule has 2 aromatic rings. The van der Waals surface area contributed by atoms with Gasteiger partial charge in [0.1, 0.15) is 6.61 Å². The molecule has 2 fully saturated rings. The molecule has 7 heteroatoms. The van der Waals surface area contributed by atoms with Crippen LogP contribution in [0.15, 0.2) is 59.7 Å². The Balaban J connectivity index is 1.31. The van der Waals surface area contributed by atoms with Crippen molar-refractivity contribution >= 4 is 41.2 Å². The van der Waals surface area contributed by atoms with E-state index in [1.165, 1.54) is 6.21 Å². The first-order chi connectivity index (χ1) is 14.5. The van der Waals surface area contributed by atoms with Crippen LogP contribution in [0.1, 0.15) is 17.5 Å². The molecule has 2 bridgehead atoms. The third kappa shape index (κ3) is 3.22. The second-order valence-electron chi connectivity index (χ2n) is 7.82. The van der Waals surface area contributed by atoms with Crippen LogP contribution >= 0.6 is 23.2 Å². The quantitative estimate of drug-likeness (QED) is 0.384. The normalized spacial score (nSPS) is 26.8. The maximum Gasteiger partial charge on any atom is 0.254 e. The van der Waals surface area contributed by atoms with Gasteiger partial charge in [-0.3, -0.25) is 9.59 Å². The van der Waals surface area contributed by atoms with Crippen molar-refractivity contribution in [1.29, 1.82) is 0 Å². The highest BCUT2D eigenvalue weighted by Crippen LogP contribution is 2.52. The number of carbonyl (C=O) groups excluding carboxylic acids is 2. The molecule has 5 nitrogen and oxygen atoms in total. The molecule has 1 aliphatic heterocycles. The maximum absolute atomic E-state index is 12.7. The Bertz CT molecular complexity index is 1030. The Morgan fingerprint density at radius 1 is 1.00 bits per heavy atom. The van der Waals surface area contributed by atoms with E-state index in [-0.39, 0.29) is 35.5 Å². The first kappa shape index (κ1) is 19.3. The smallest absolute Gasteiger partial charge is 0.254 e. The second-order valence-corrected chi connectivity index (χ2v) is 8.64. The van der Waals surface area contributed by atoms with E-state index in [0.717, 1.165) is 17.0 Å². The summed E-state index contributed by atoms with van der Waals surface area (Å²) in [7, 11) is 0. The first-order valence-corrected chi connectivity index (χ1v) is 10.5. The molecule has 2 aromatic carbocycles. The number of rotatable bonds is 5. The molecule has 1 heterocycles. The van der Waals surface area contributed by atoms with Gasteiger partial charge in [-0.2, -0.15) is 10.1 Å². The van der Waals surface area contributed by atoms with Gasteiger partial charge >= 0.3 is 0 Å². The Labute approximate surface area is 183 Å². The van der Waals surface area contributed by atoms with Crippen LogP contribution in [-0.4, -0.2) is 23.0 Å². The number of halogens is 2. The number of ether oxygens (including phenoxy) is 1. The van der Waals surface area contributed by atoms with Gasteiger partial charge in [0.15, 0.2) is 5.75 Å². The fraction of sp³-hybridized carbons (Fsp3) is 0.261. The number of allylic oxidation sites excluding steroid dienone is 2. The molecule has 0 N–H and O–H groups in total. The molecule has 1 saturated carbocycles. The van der Waals surface area contributed by atoms with E-state index in [2.05, 4.69) is 17.3 Å². The second kappa shape index (κ2) is 7.56. The highest BCUT2D eigenvalue weighted by molar-refractivity contribution is 6.37. The van der Waals surface area contributed by atoms with Crippen molar-refractivity contribution < 1.29 is 14.3 Å². The summed E-state index contributed by atoms with van der Waals surface area (Å²) in [6.45, 7) is 0.337. The van der Waals surface area contributed by atoms with Gasteiger partial charge in [-0.1, -0.05) is 65.7 Å². The Hall–Kier alpha value is -2.63. The number of hydrogen-bond acceptors (Lipinski definition) is 4. The van der Waals surface area contributed by atoms with Gasteiger partial charge in [-0.15, -0.1) is 0 Å². The van der Waals surface area contributed by atoms with Crippen molar-refractivity contribution in [3.63, 3.8) is 0 Å². The molecule has 1 saturated heterocycles. The number of benzene rings is 2. The van der Waals surface area contributed by atoms with E-state index in [1.54, 1.807) is 12.1 Å². The fourth-order valence-corrected chi connectivity index (χ4v) is 5.26. The van der Waals surface area contributed by atoms with Crippen molar-refractivity contribution in [2.24, 2.45) is 28.8 Å². The summed E-state index contributed by atoms with van der Waals surface area (Å²) in [6, 6.07) is 13.0. The Morgan fingerprint density at radius 3 is 2.20 bits per heavy atom. The SMILES string of the molecule is O=C1[C@@H]2[C@H](C(=O)N1N=Cc1cc(Cl)c(OCc3ccccc3)c(Cl)c1)[C@H]1C=C[C@H]2C1. The average Bonchev–Trinajstić information content (AvgIpc) is 3.41. The summed E-state index contributed by atoms with van der Waals surface area (Å²) < 4.78 is 5.77.